The molecule has 1 atom stereocenters. The maximum absolute atomic E-state index is 11.0. The molecule has 1 aliphatic rings. The van der Waals surface area contributed by atoms with Gasteiger partial charge in [-0.15, -0.1) is 0 Å². The van der Waals surface area contributed by atoms with E-state index in [-0.39, 0.29) is 13.0 Å². The number of carboxylic acid groups (broad SMARTS) is 1. The second-order valence-electron chi connectivity index (χ2n) is 2.90. The number of likely N-dealkylation sites (tertiary alicyclic amines) is 1. The van der Waals surface area contributed by atoms with E-state index in [4.69, 9.17) is 15.8 Å². The Bertz CT molecular complexity index is 302. The first-order chi connectivity index (χ1) is 5.93. The first-order valence-electron chi connectivity index (χ1n) is 3.86. The lowest BCUT2D eigenvalue weighted by atomic mass is 10.1. The third-order valence-electron chi connectivity index (χ3n) is 2.02. The molecule has 0 bridgehead atoms. The highest BCUT2D eigenvalue weighted by molar-refractivity contribution is 8.14. The molecule has 1 unspecified atom stereocenters. The van der Waals surface area contributed by atoms with Gasteiger partial charge in [-0.2, -0.15) is 0 Å². The molecule has 0 aromatic carbocycles. The largest absolute Gasteiger partial charge is 0.465 e. The standard InChI is InChI=1S/C6H10ClNO4S/c7-13(11,12)5-3-1-2-4-8(5)6(9)10/h5H,1-4H2,(H,9,10). The Hall–Kier alpha value is -0.490. The first-order valence-corrected chi connectivity index (χ1v) is 6.23. The van der Waals surface area contributed by atoms with Crippen LogP contribution in [0.25, 0.3) is 0 Å². The smallest absolute Gasteiger partial charge is 0.408 e. The number of hydrogen-bond donors (Lipinski definition) is 1. The predicted octanol–water partition coefficient (Wildman–Crippen LogP) is 1.05. The molecule has 0 aromatic heterocycles. The molecule has 1 heterocycles. The van der Waals surface area contributed by atoms with Crippen molar-refractivity contribution in [3.8, 4) is 0 Å². The van der Waals surface area contributed by atoms with E-state index in [1.54, 1.807) is 0 Å². The van der Waals surface area contributed by atoms with Gasteiger partial charge >= 0.3 is 6.09 Å². The topological polar surface area (TPSA) is 74.7 Å². The molecule has 1 aliphatic heterocycles. The van der Waals surface area contributed by atoms with Gasteiger partial charge in [0.2, 0.25) is 0 Å². The van der Waals surface area contributed by atoms with E-state index in [2.05, 4.69) is 0 Å². The van der Waals surface area contributed by atoms with Crippen LogP contribution in [0.5, 0.6) is 0 Å². The molecule has 7 heteroatoms. The fourth-order valence-corrected chi connectivity index (χ4v) is 2.92. The summed E-state index contributed by atoms with van der Waals surface area (Å²) in [7, 11) is 1.32. The van der Waals surface area contributed by atoms with Gasteiger partial charge in [0, 0.05) is 17.2 Å². The van der Waals surface area contributed by atoms with E-state index < -0.39 is 20.5 Å². The molecule has 5 nitrogen and oxygen atoms in total. The van der Waals surface area contributed by atoms with Crippen LogP contribution in [0.3, 0.4) is 0 Å². The molecule has 1 N–H and O–H groups in total. The Morgan fingerprint density at radius 2 is 2.08 bits per heavy atom. The molecule has 13 heavy (non-hydrogen) atoms. The SMILES string of the molecule is O=C(O)N1CCCCC1S(=O)(=O)Cl. The summed E-state index contributed by atoms with van der Waals surface area (Å²) in [6, 6.07) is 0. The van der Waals surface area contributed by atoms with Crippen LogP contribution in [0, 0.1) is 0 Å². The Morgan fingerprint density at radius 3 is 2.46 bits per heavy atom. The maximum atomic E-state index is 11.0. The zero-order chi connectivity index (χ0) is 10.1. The van der Waals surface area contributed by atoms with E-state index in [1.807, 2.05) is 0 Å². The summed E-state index contributed by atoms with van der Waals surface area (Å²) >= 11 is 0. The Labute approximate surface area is 80.7 Å². The average molecular weight is 228 g/mol. The zero-order valence-electron chi connectivity index (χ0n) is 6.81. The van der Waals surface area contributed by atoms with Gasteiger partial charge in [0.15, 0.2) is 5.37 Å². The monoisotopic (exact) mass is 227 g/mol. The fourth-order valence-electron chi connectivity index (χ4n) is 1.41. The van der Waals surface area contributed by atoms with Crippen molar-refractivity contribution in [1.82, 2.24) is 4.90 Å². The number of carbonyl (C=O) groups is 1. The van der Waals surface area contributed by atoms with Gasteiger partial charge in [0.1, 0.15) is 0 Å². The van der Waals surface area contributed by atoms with Crippen molar-refractivity contribution < 1.29 is 18.3 Å². The Balaban J connectivity index is 2.86. The molecule has 0 radical (unpaired) electrons. The van der Waals surface area contributed by atoms with Crippen LogP contribution < -0.4 is 0 Å². The molecule has 1 fully saturated rings. The van der Waals surface area contributed by atoms with Gasteiger partial charge in [-0.05, 0) is 19.3 Å². The minimum atomic E-state index is -3.80. The summed E-state index contributed by atoms with van der Waals surface area (Å²) in [5.41, 5.74) is 0. The van der Waals surface area contributed by atoms with E-state index in [9.17, 15) is 13.2 Å². The van der Waals surface area contributed by atoms with Crippen molar-refractivity contribution >= 4 is 25.8 Å². The molecule has 0 aliphatic carbocycles. The Kier molecular flexibility index (Phi) is 3.02. The second-order valence-corrected chi connectivity index (χ2v) is 5.69. The summed E-state index contributed by atoms with van der Waals surface area (Å²) in [5.74, 6) is 0. The van der Waals surface area contributed by atoms with Crippen LogP contribution in [-0.4, -0.2) is 36.4 Å². The lowest BCUT2D eigenvalue weighted by molar-refractivity contribution is 0.127. The minimum Gasteiger partial charge on any atom is -0.465 e. The zero-order valence-corrected chi connectivity index (χ0v) is 8.38. The Morgan fingerprint density at radius 1 is 1.46 bits per heavy atom. The van der Waals surface area contributed by atoms with Crippen molar-refractivity contribution in [3.05, 3.63) is 0 Å². The molecule has 1 rings (SSSR count). The first kappa shape index (κ1) is 10.6. The number of amides is 1. The summed E-state index contributed by atoms with van der Waals surface area (Å²) in [5, 5.41) is 7.61. The van der Waals surface area contributed by atoms with Crippen molar-refractivity contribution in [2.24, 2.45) is 0 Å². The van der Waals surface area contributed by atoms with Crippen molar-refractivity contribution in [1.29, 1.82) is 0 Å². The lowest BCUT2D eigenvalue weighted by Gasteiger charge is -2.30. The summed E-state index contributed by atoms with van der Waals surface area (Å²) < 4.78 is 21.9. The third-order valence-corrected chi connectivity index (χ3v) is 3.78. The summed E-state index contributed by atoms with van der Waals surface area (Å²) in [6.07, 6.45) is 0.446. The van der Waals surface area contributed by atoms with Gasteiger partial charge in [0.25, 0.3) is 9.05 Å². The van der Waals surface area contributed by atoms with Crippen molar-refractivity contribution in [2.45, 2.75) is 24.6 Å². The van der Waals surface area contributed by atoms with Crippen LogP contribution in [-0.2, 0) is 9.05 Å². The number of hydrogen-bond acceptors (Lipinski definition) is 3. The number of rotatable bonds is 1. The van der Waals surface area contributed by atoms with Crippen molar-refractivity contribution in [2.75, 3.05) is 6.54 Å². The second kappa shape index (κ2) is 3.71. The molecule has 1 saturated heterocycles. The number of piperidine rings is 1. The van der Waals surface area contributed by atoms with E-state index in [0.717, 1.165) is 4.90 Å². The molecular weight excluding hydrogens is 218 g/mol. The van der Waals surface area contributed by atoms with Crippen LogP contribution in [0.15, 0.2) is 0 Å². The molecule has 1 amide bonds. The van der Waals surface area contributed by atoms with Crippen LogP contribution in [0.1, 0.15) is 19.3 Å². The van der Waals surface area contributed by atoms with Crippen LogP contribution in [0.2, 0.25) is 0 Å². The molecule has 76 valence electrons. The summed E-state index contributed by atoms with van der Waals surface area (Å²) in [6.45, 7) is 0.242. The maximum Gasteiger partial charge on any atom is 0.408 e. The van der Waals surface area contributed by atoms with Gasteiger partial charge in [-0.25, -0.2) is 13.2 Å². The molecule has 0 saturated carbocycles. The molecule has 0 aromatic rings. The number of nitrogens with zero attached hydrogens (tertiary/aromatic N) is 1. The van der Waals surface area contributed by atoms with Crippen LogP contribution in [0.4, 0.5) is 4.79 Å². The average Bonchev–Trinajstić information content (AvgIpc) is 2.03. The van der Waals surface area contributed by atoms with E-state index in [0.29, 0.717) is 12.8 Å². The van der Waals surface area contributed by atoms with Gasteiger partial charge in [-0.1, -0.05) is 0 Å². The highest BCUT2D eigenvalue weighted by atomic mass is 35.7. The highest BCUT2D eigenvalue weighted by Crippen LogP contribution is 2.23. The molecule has 0 spiro atoms. The fraction of sp³-hybridized carbons (Fsp3) is 0.833. The highest BCUT2D eigenvalue weighted by Gasteiger charge is 2.35. The van der Waals surface area contributed by atoms with E-state index in [1.165, 1.54) is 0 Å². The third kappa shape index (κ3) is 2.47. The number of halogens is 1. The molecular formula is C6H10ClNO4S. The quantitative estimate of drug-likeness (QED) is 0.680. The minimum absolute atomic E-state index is 0.242. The van der Waals surface area contributed by atoms with Gasteiger partial charge < -0.3 is 5.11 Å². The normalized spacial score (nSPS) is 24.4. The van der Waals surface area contributed by atoms with E-state index >= 15 is 0 Å². The van der Waals surface area contributed by atoms with Crippen molar-refractivity contribution in [3.63, 3.8) is 0 Å². The summed E-state index contributed by atoms with van der Waals surface area (Å²) in [4.78, 5) is 11.5. The lowest BCUT2D eigenvalue weighted by Crippen LogP contribution is -2.45. The van der Waals surface area contributed by atoms with Crippen LogP contribution >= 0.6 is 10.7 Å². The predicted molar refractivity (Wildman–Crippen MR) is 47.1 cm³/mol. The van der Waals surface area contributed by atoms with Gasteiger partial charge in [0.05, 0.1) is 0 Å². The van der Waals surface area contributed by atoms with Gasteiger partial charge in [-0.3, -0.25) is 4.90 Å².